The van der Waals surface area contributed by atoms with Gasteiger partial charge in [-0.1, -0.05) is 0 Å². The van der Waals surface area contributed by atoms with Gasteiger partial charge in [-0.15, -0.1) is 0 Å². The van der Waals surface area contributed by atoms with Gasteiger partial charge in [0.25, 0.3) is 6.43 Å². The lowest BCUT2D eigenvalue weighted by Gasteiger charge is -2.05. The van der Waals surface area contributed by atoms with Crippen molar-refractivity contribution in [3.05, 3.63) is 22.2 Å². The van der Waals surface area contributed by atoms with Crippen LogP contribution >= 0.6 is 15.9 Å². The molecule has 66 valence electrons. The number of anilines is 1. The molecule has 0 saturated carbocycles. The third-order valence-corrected chi connectivity index (χ3v) is 2.02. The molecule has 2 N–H and O–H groups in total. The van der Waals surface area contributed by atoms with E-state index in [-0.39, 0.29) is 10.2 Å². The number of hydrogen-bond acceptors (Lipinski definition) is 2. The van der Waals surface area contributed by atoms with Gasteiger partial charge in [0.2, 0.25) is 5.95 Å². The molecule has 1 rings (SSSR count). The fourth-order valence-electron chi connectivity index (χ4n) is 0.712. The second-order valence-corrected chi connectivity index (χ2v) is 2.83. The summed E-state index contributed by atoms with van der Waals surface area (Å²) >= 11 is 2.63. The van der Waals surface area contributed by atoms with E-state index in [0.29, 0.717) is 0 Å². The minimum Gasteiger partial charge on any atom is -0.397 e. The first kappa shape index (κ1) is 9.31. The van der Waals surface area contributed by atoms with E-state index in [9.17, 15) is 13.2 Å². The zero-order valence-electron chi connectivity index (χ0n) is 5.69. The Hall–Kier alpha value is -0.780. The summed E-state index contributed by atoms with van der Waals surface area (Å²) in [4.78, 5) is 3.15. The van der Waals surface area contributed by atoms with Crippen LogP contribution in [0, 0.1) is 5.95 Å². The van der Waals surface area contributed by atoms with Crippen LogP contribution in [-0.2, 0) is 0 Å². The lowest BCUT2D eigenvalue weighted by atomic mass is 10.2. The summed E-state index contributed by atoms with van der Waals surface area (Å²) in [6, 6.07) is 0. The van der Waals surface area contributed by atoms with E-state index in [1.54, 1.807) is 0 Å². The molecular weight excluding hydrogens is 237 g/mol. The first-order chi connectivity index (χ1) is 5.54. The summed E-state index contributed by atoms with van der Waals surface area (Å²) in [5.74, 6) is -0.987. The van der Waals surface area contributed by atoms with E-state index < -0.39 is 17.9 Å². The maximum Gasteiger partial charge on any atom is 0.267 e. The molecule has 1 heterocycles. The Morgan fingerprint density at radius 2 is 2.08 bits per heavy atom. The van der Waals surface area contributed by atoms with Gasteiger partial charge in [-0.3, -0.25) is 0 Å². The van der Waals surface area contributed by atoms with Crippen molar-refractivity contribution in [3.8, 4) is 0 Å². The minimum absolute atomic E-state index is 0.224. The van der Waals surface area contributed by atoms with Crippen LogP contribution < -0.4 is 5.73 Å². The van der Waals surface area contributed by atoms with Crippen LogP contribution in [0.5, 0.6) is 0 Å². The van der Waals surface area contributed by atoms with Crippen molar-refractivity contribution in [1.29, 1.82) is 0 Å². The summed E-state index contributed by atoms with van der Waals surface area (Å²) in [5, 5.41) is 0. The molecule has 0 saturated heterocycles. The first-order valence-corrected chi connectivity index (χ1v) is 3.71. The van der Waals surface area contributed by atoms with Crippen molar-refractivity contribution in [1.82, 2.24) is 4.98 Å². The number of halogens is 4. The van der Waals surface area contributed by atoms with Gasteiger partial charge in [-0.2, -0.15) is 4.39 Å². The molecule has 1 aromatic heterocycles. The molecule has 0 amide bonds. The van der Waals surface area contributed by atoms with Crippen molar-refractivity contribution in [2.45, 2.75) is 6.43 Å². The number of alkyl halides is 2. The molecule has 0 aliphatic rings. The van der Waals surface area contributed by atoms with Gasteiger partial charge in [0.1, 0.15) is 0 Å². The molecule has 0 fully saturated rings. The molecule has 0 aromatic carbocycles. The van der Waals surface area contributed by atoms with Gasteiger partial charge in [-0.25, -0.2) is 13.8 Å². The van der Waals surface area contributed by atoms with Gasteiger partial charge in [-0.05, 0) is 15.9 Å². The molecule has 0 aliphatic heterocycles. The molecule has 1 aromatic rings. The smallest absolute Gasteiger partial charge is 0.267 e. The Bertz CT molecular complexity index is 303. The van der Waals surface area contributed by atoms with E-state index in [1.807, 2.05) is 0 Å². The van der Waals surface area contributed by atoms with E-state index in [4.69, 9.17) is 5.73 Å². The van der Waals surface area contributed by atoms with E-state index in [1.165, 1.54) is 0 Å². The maximum atomic E-state index is 12.6. The predicted molar refractivity (Wildman–Crippen MR) is 41.3 cm³/mol. The van der Waals surface area contributed by atoms with Crippen molar-refractivity contribution in [2.24, 2.45) is 0 Å². The Balaban J connectivity index is 3.33. The summed E-state index contributed by atoms with van der Waals surface area (Å²) in [6.07, 6.45) is -1.95. The lowest BCUT2D eigenvalue weighted by molar-refractivity contribution is 0.150. The maximum absolute atomic E-state index is 12.6. The Kier molecular flexibility index (Phi) is 2.56. The number of aromatic nitrogens is 1. The van der Waals surface area contributed by atoms with Crippen LogP contribution in [0.15, 0.2) is 10.7 Å². The zero-order valence-corrected chi connectivity index (χ0v) is 7.28. The fourth-order valence-corrected chi connectivity index (χ4v) is 1.22. The largest absolute Gasteiger partial charge is 0.397 e. The van der Waals surface area contributed by atoms with E-state index in [2.05, 4.69) is 20.9 Å². The lowest BCUT2D eigenvalue weighted by Crippen LogP contribution is -2.00. The van der Waals surface area contributed by atoms with Crippen LogP contribution in [0.1, 0.15) is 12.0 Å². The summed E-state index contributed by atoms with van der Waals surface area (Å²) in [7, 11) is 0. The molecule has 6 heteroatoms. The Morgan fingerprint density at radius 1 is 1.50 bits per heavy atom. The van der Waals surface area contributed by atoms with Crippen LogP contribution in [0.2, 0.25) is 0 Å². The second kappa shape index (κ2) is 3.30. The zero-order chi connectivity index (χ0) is 9.30. The number of pyridine rings is 1. The van der Waals surface area contributed by atoms with Crippen molar-refractivity contribution < 1.29 is 13.2 Å². The average Bonchev–Trinajstić information content (AvgIpc) is 1.97. The number of nitrogens with zero attached hydrogens (tertiary/aromatic N) is 1. The number of hydrogen-bond donors (Lipinski definition) is 1. The van der Waals surface area contributed by atoms with Crippen LogP contribution in [0.25, 0.3) is 0 Å². The molecule has 0 radical (unpaired) electrons. The molecule has 0 atom stereocenters. The first-order valence-electron chi connectivity index (χ1n) is 2.91. The number of rotatable bonds is 1. The normalized spacial score (nSPS) is 10.8. The van der Waals surface area contributed by atoms with Crippen molar-refractivity contribution in [2.75, 3.05) is 5.73 Å². The standard InChI is InChI=1S/C6H4BrF3N2/c7-4-3(5(8)9)2(11)1-12-6(4)10/h1,5H,11H2. The molecule has 12 heavy (non-hydrogen) atoms. The quantitative estimate of drug-likeness (QED) is 0.767. The molecule has 0 unspecified atom stereocenters. The highest BCUT2D eigenvalue weighted by molar-refractivity contribution is 9.10. The Labute approximate surface area is 74.7 Å². The third-order valence-electron chi connectivity index (χ3n) is 1.26. The molecular formula is C6H4BrF3N2. The number of nitrogen functional groups attached to an aromatic ring is 1. The van der Waals surface area contributed by atoms with Crippen LogP contribution in [-0.4, -0.2) is 4.98 Å². The molecule has 0 spiro atoms. The summed E-state index contributed by atoms with van der Waals surface area (Å²) < 4.78 is 36.5. The topological polar surface area (TPSA) is 38.9 Å². The SMILES string of the molecule is Nc1cnc(F)c(Br)c1C(F)F. The second-order valence-electron chi connectivity index (χ2n) is 2.03. The van der Waals surface area contributed by atoms with Crippen molar-refractivity contribution in [3.63, 3.8) is 0 Å². The summed E-state index contributed by atoms with van der Waals surface area (Å²) in [6.45, 7) is 0. The van der Waals surface area contributed by atoms with Gasteiger partial charge >= 0.3 is 0 Å². The van der Waals surface area contributed by atoms with Crippen molar-refractivity contribution >= 4 is 21.6 Å². The van der Waals surface area contributed by atoms with E-state index >= 15 is 0 Å². The van der Waals surface area contributed by atoms with Crippen LogP contribution in [0.4, 0.5) is 18.9 Å². The third kappa shape index (κ3) is 1.52. The molecule has 0 bridgehead atoms. The average molecular weight is 241 g/mol. The fraction of sp³-hybridized carbons (Fsp3) is 0.167. The highest BCUT2D eigenvalue weighted by Crippen LogP contribution is 2.32. The van der Waals surface area contributed by atoms with Gasteiger partial charge in [0, 0.05) is 0 Å². The monoisotopic (exact) mass is 240 g/mol. The minimum atomic E-state index is -2.81. The predicted octanol–water partition coefficient (Wildman–Crippen LogP) is 2.50. The van der Waals surface area contributed by atoms with E-state index in [0.717, 1.165) is 6.20 Å². The molecule has 0 aliphatic carbocycles. The van der Waals surface area contributed by atoms with Gasteiger partial charge in [0.05, 0.1) is 21.9 Å². The number of nitrogens with two attached hydrogens (primary N) is 1. The van der Waals surface area contributed by atoms with Gasteiger partial charge in [0.15, 0.2) is 0 Å². The highest BCUT2D eigenvalue weighted by Gasteiger charge is 2.18. The van der Waals surface area contributed by atoms with Crippen LogP contribution in [0.3, 0.4) is 0 Å². The summed E-state index contributed by atoms with van der Waals surface area (Å²) in [5.41, 5.74) is 4.37. The van der Waals surface area contributed by atoms with Gasteiger partial charge < -0.3 is 5.73 Å². The Morgan fingerprint density at radius 3 is 2.50 bits per heavy atom. The molecule has 2 nitrogen and oxygen atoms in total. The highest BCUT2D eigenvalue weighted by atomic mass is 79.9.